The Morgan fingerprint density at radius 2 is 2.38 bits per heavy atom. The number of carbonyl (C=O) groups excluding carboxylic acids is 1. The van der Waals surface area contributed by atoms with Crippen LogP contribution in [0.2, 0.25) is 0 Å². The highest BCUT2D eigenvalue weighted by molar-refractivity contribution is 5.62. The Labute approximate surface area is 48.3 Å². The van der Waals surface area contributed by atoms with E-state index in [4.69, 9.17) is 0 Å². The van der Waals surface area contributed by atoms with Crippen LogP contribution in [0.4, 0.5) is 0 Å². The van der Waals surface area contributed by atoms with Gasteiger partial charge in [-0.15, -0.1) is 0 Å². The minimum atomic E-state index is 0.521. The average molecular weight is 115 g/mol. The van der Waals surface area contributed by atoms with E-state index in [1.807, 2.05) is 0 Å². The van der Waals surface area contributed by atoms with Gasteiger partial charge in [-0.1, -0.05) is 5.16 Å². The van der Waals surface area contributed by atoms with Crippen molar-refractivity contribution in [1.82, 2.24) is 0 Å². The number of nitrogens with zero attached hydrogens (tertiary/aromatic N) is 1. The highest BCUT2D eigenvalue weighted by atomic mass is 16.6. The molecule has 0 saturated carbocycles. The van der Waals surface area contributed by atoms with Gasteiger partial charge in [-0.25, -0.2) is 0 Å². The lowest BCUT2D eigenvalue weighted by Gasteiger charge is -1.81. The predicted molar refractivity (Wildman–Crippen MR) is 30.8 cm³/mol. The summed E-state index contributed by atoms with van der Waals surface area (Å²) >= 11 is 0. The zero-order chi connectivity index (χ0) is 6.24. The van der Waals surface area contributed by atoms with Crippen molar-refractivity contribution in [2.75, 3.05) is 7.11 Å². The minimum Gasteiger partial charge on any atom is -0.399 e. The molecule has 3 heteroatoms. The number of aldehydes is 1. The molecule has 0 amide bonds. The molecule has 0 unspecified atom stereocenters. The second kappa shape index (κ2) is 6.14. The molecule has 0 rings (SSSR count). The van der Waals surface area contributed by atoms with E-state index in [1.165, 1.54) is 7.11 Å². The summed E-state index contributed by atoms with van der Waals surface area (Å²) in [6, 6.07) is 0. The van der Waals surface area contributed by atoms with Crippen LogP contribution < -0.4 is 0 Å². The van der Waals surface area contributed by atoms with Crippen molar-refractivity contribution in [3.63, 3.8) is 0 Å². The summed E-state index contributed by atoms with van der Waals surface area (Å²) in [6.45, 7) is 0. The number of hydrogen-bond donors (Lipinski definition) is 0. The van der Waals surface area contributed by atoms with Crippen LogP contribution in [-0.4, -0.2) is 19.6 Å². The minimum absolute atomic E-state index is 0.521. The molecule has 0 radical (unpaired) electrons. The third-order valence-electron chi connectivity index (χ3n) is 0.594. The smallest absolute Gasteiger partial charge is 0.120 e. The summed E-state index contributed by atoms with van der Waals surface area (Å²) in [5.74, 6) is 0. The largest absolute Gasteiger partial charge is 0.399 e. The van der Waals surface area contributed by atoms with Crippen LogP contribution in [0.25, 0.3) is 0 Å². The van der Waals surface area contributed by atoms with E-state index in [-0.39, 0.29) is 0 Å². The molecule has 0 aromatic rings. The topological polar surface area (TPSA) is 38.7 Å². The van der Waals surface area contributed by atoms with Crippen LogP contribution in [0.5, 0.6) is 0 Å². The molecule has 3 nitrogen and oxygen atoms in total. The molecule has 0 heterocycles. The molecule has 0 atom stereocenters. The van der Waals surface area contributed by atoms with E-state index in [1.54, 1.807) is 6.21 Å². The van der Waals surface area contributed by atoms with Gasteiger partial charge >= 0.3 is 0 Å². The van der Waals surface area contributed by atoms with Gasteiger partial charge in [0.25, 0.3) is 0 Å². The van der Waals surface area contributed by atoms with Gasteiger partial charge in [0.15, 0.2) is 0 Å². The third-order valence-corrected chi connectivity index (χ3v) is 0.594. The quantitative estimate of drug-likeness (QED) is 0.233. The van der Waals surface area contributed by atoms with Gasteiger partial charge in [-0.2, -0.15) is 0 Å². The molecule has 0 N–H and O–H groups in total. The molecule has 8 heavy (non-hydrogen) atoms. The van der Waals surface area contributed by atoms with Gasteiger partial charge in [0.2, 0.25) is 0 Å². The van der Waals surface area contributed by atoms with E-state index >= 15 is 0 Å². The van der Waals surface area contributed by atoms with Crippen LogP contribution in [-0.2, 0) is 9.63 Å². The Bertz CT molecular complexity index is 80.5. The molecule has 0 aliphatic carbocycles. The standard InChI is InChI=1S/C5H9NO2/c1-8-6-4-2-3-5-7/h4-5H,2-3H2,1H3/b6-4+. The van der Waals surface area contributed by atoms with E-state index in [9.17, 15) is 4.79 Å². The molecule has 0 bridgehead atoms. The second-order valence-electron chi connectivity index (χ2n) is 1.21. The van der Waals surface area contributed by atoms with Gasteiger partial charge in [-0.3, -0.25) is 0 Å². The Kier molecular flexibility index (Phi) is 5.48. The highest BCUT2D eigenvalue weighted by Gasteiger charge is 1.75. The fraction of sp³-hybridized carbons (Fsp3) is 0.600. The van der Waals surface area contributed by atoms with Crippen molar-refractivity contribution in [3.05, 3.63) is 0 Å². The summed E-state index contributed by atoms with van der Waals surface area (Å²) in [5, 5.41) is 3.43. The first-order valence-corrected chi connectivity index (χ1v) is 2.40. The van der Waals surface area contributed by atoms with Gasteiger partial charge in [-0.05, 0) is 6.42 Å². The average Bonchev–Trinajstić information content (AvgIpc) is 1.81. The summed E-state index contributed by atoms with van der Waals surface area (Å²) < 4.78 is 0. The van der Waals surface area contributed by atoms with Gasteiger partial charge < -0.3 is 9.63 Å². The lowest BCUT2D eigenvalue weighted by molar-refractivity contribution is -0.107. The molecule has 46 valence electrons. The fourth-order valence-corrected chi connectivity index (χ4v) is 0.270. The van der Waals surface area contributed by atoms with Crippen molar-refractivity contribution < 1.29 is 9.63 Å². The van der Waals surface area contributed by atoms with Crippen molar-refractivity contribution in [3.8, 4) is 0 Å². The fourth-order valence-electron chi connectivity index (χ4n) is 0.270. The number of unbranched alkanes of at least 4 members (excludes halogenated alkanes) is 1. The molecule has 0 saturated heterocycles. The van der Waals surface area contributed by atoms with Crippen LogP contribution >= 0.6 is 0 Å². The second-order valence-corrected chi connectivity index (χ2v) is 1.21. The van der Waals surface area contributed by atoms with E-state index in [0.717, 1.165) is 6.29 Å². The molecule has 0 spiro atoms. The number of rotatable bonds is 4. The van der Waals surface area contributed by atoms with Crippen LogP contribution in [0.1, 0.15) is 12.8 Å². The molecule has 0 aromatic carbocycles. The Morgan fingerprint density at radius 1 is 1.62 bits per heavy atom. The maximum absolute atomic E-state index is 9.67. The van der Waals surface area contributed by atoms with Gasteiger partial charge in [0.05, 0.1) is 0 Å². The summed E-state index contributed by atoms with van der Waals surface area (Å²) in [6.07, 6.45) is 3.60. The van der Waals surface area contributed by atoms with Crippen LogP contribution in [0, 0.1) is 0 Å². The summed E-state index contributed by atoms with van der Waals surface area (Å²) in [4.78, 5) is 14.0. The molecule has 0 fully saturated rings. The van der Waals surface area contributed by atoms with E-state index in [2.05, 4.69) is 9.99 Å². The number of oxime groups is 1. The van der Waals surface area contributed by atoms with Crippen molar-refractivity contribution in [2.45, 2.75) is 12.8 Å². The zero-order valence-corrected chi connectivity index (χ0v) is 4.83. The van der Waals surface area contributed by atoms with Gasteiger partial charge in [0, 0.05) is 12.6 Å². The predicted octanol–water partition coefficient (Wildman–Crippen LogP) is 0.598. The van der Waals surface area contributed by atoms with Crippen LogP contribution in [0.15, 0.2) is 5.16 Å². The monoisotopic (exact) mass is 115 g/mol. The van der Waals surface area contributed by atoms with Crippen molar-refractivity contribution in [1.29, 1.82) is 0 Å². The molecule has 0 aliphatic heterocycles. The Balaban J connectivity index is 2.90. The third kappa shape index (κ3) is 5.14. The Morgan fingerprint density at radius 3 is 2.88 bits per heavy atom. The zero-order valence-electron chi connectivity index (χ0n) is 4.83. The van der Waals surface area contributed by atoms with Crippen LogP contribution in [0.3, 0.4) is 0 Å². The maximum atomic E-state index is 9.67. The molecule has 0 aliphatic rings. The normalized spacial score (nSPS) is 9.62. The van der Waals surface area contributed by atoms with E-state index in [0.29, 0.717) is 12.8 Å². The number of carbonyl (C=O) groups is 1. The Hall–Kier alpha value is -0.860. The number of hydrogen-bond acceptors (Lipinski definition) is 3. The van der Waals surface area contributed by atoms with Crippen molar-refractivity contribution >= 4 is 12.5 Å². The van der Waals surface area contributed by atoms with E-state index < -0.39 is 0 Å². The maximum Gasteiger partial charge on any atom is 0.120 e. The lowest BCUT2D eigenvalue weighted by Crippen LogP contribution is -1.77. The first-order valence-electron chi connectivity index (χ1n) is 2.40. The molecular formula is C5H9NO2. The highest BCUT2D eigenvalue weighted by Crippen LogP contribution is 1.77. The van der Waals surface area contributed by atoms with Crippen molar-refractivity contribution in [2.24, 2.45) is 5.16 Å². The SMILES string of the molecule is CO/N=C/CCC=O. The summed E-state index contributed by atoms with van der Waals surface area (Å²) in [5.41, 5.74) is 0. The van der Waals surface area contributed by atoms with Gasteiger partial charge in [0.1, 0.15) is 13.4 Å². The molecular weight excluding hydrogens is 106 g/mol. The lowest BCUT2D eigenvalue weighted by atomic mass is 10.4. The first-order chi connectivity index (χ1) is 3.91. The summed E-state index contributed by atoms with van der Waals surface area (Å²) in [7, 11) is 1.47. The first kappa shape index (κ1) is 7.14. The molecule has 0 aromatic heterocycles.